The van der Waals surface area contributed by atoms with Crippen molar-refractivity contribution in [2.75, 3.05) is 17.4 Å². The third-order valence-electron chi connectivity index (χ3n) is 1.81. The third kappa shape index (κ3) is 5.19. The lowest BCUT2D eigenvalue weighted by Gasteiger charge is -2.19. The summed E-state index contributed by atoms with van der Waals surface area (Å²) in [4.78, 5) is 19.6. The van der Waals surface area contributed by atoms with Gasteiger partial charge in [-0.1, -0.05) is 0 Å². The summed E-state index contributed by atoms with van der Waals surface area (Å²) in [6, 6.07) is 0. The van der Waals surface area contributed by atoms with E-state index in [1.54, 1.807) is 27.8 Å². The van der Waals surface area contributed by atoms with Crippen LogP contribution in [0.15, 0.2) is 17.5 Å². The van der Waals surface area contributed by atoms with E-state index in [1.165, 1.54) is 17.4 Å². The van der Waals surface area contributed by atoms with E-state index in [4.69, 9.17) is 10.5 Å². The first-order chi connectivity index (χ1) is 8.81. The van der Waals surface area contributed by atoms with Crippen LogP contribution in [0, 0.1) is 0 Å². The molecule has 1 aromatic rings. The number of hydrogen-bond acceptors (Lipinski definition) is 6. The van der Waals surface area contributed by atoms with E-state index in [9.17, 15) is 4.79 Å². The predicted molar refractivity (Wildman–Crippen MR) is 73.0 cm³/mol. The smallest absolute Gasteiger partial charge is 0.412 e. The first-order valence-electron chi connectivity index (χ1n) is 5.62. The summed E-state index contributed by atoms with van der Waals surface area (Å²) < 4.78 is 5.10. The van der Waals surface area contributed by atoms with Crippen LogP contribution in [0.3, 0.4) is 0 Å². The summed E-state index contributed by atoms with van der Waals surface area (Å²) in [6.45, 7) is 5.35. The number of carbonyl (C=O) groups is 1. The Morgan fingerprint density at radius 3 is 2.53 bits per heavy atom. The molecule has 1 heterocycles. The largest absolute Gasteiger partial charge is 0.444 e. The molecule has 0 aliphatic carbocycles. The van der Waals surface area contributed by atoms with E-state index < -0.39 is 11.7 Å². The third-order valence-corrected chi connectivity index (χ3v) is 1.81. The van der Waals surface area contributed by atoms with Crippen molar-refractivity contribution >= 4 is 24.1 Å². The Morgan fingerprint density at radius 1 is 1.47 bits per heavy atom. The molecule has 0 unspecified atom stereocenters. The number of nitrogens with one attached hydrogen (secondary N) is 1. The van der Waals surface area contributed by atoms with Crippen molar-refractivity contribution in [3.8, 4) is 0 Å². The second-order valence-electron chi connectivity index (χ2n) is 4.69. The molecule has 0 aliphatic rings. The van der Waals surface area contributed by atoms with E-state index in [2.05, 4.69) is 20.4 Å². The van der Waals surface area contributed by atoms with Crippen LogP contribution >= 0.6 is 0 Å². The number of carbonyl (C=O) groups excluding carboxylic acids is 1. The van der Waals surface area contributed by atoms with E-state index in [0.29, 0.717) is 11.6 Å². The molecule has 19 heavy (non-hydrogen) atoms. The maximum atomic E-state index is 11.5. The summed E-state index contributed by atoms with van der Waals surface area (Å²) in [5.74, 6) is 0.358. The van der Waals surface area contributed by atoms with Gasteiger partial charge in [-0.2, -0.15) is 5.10 Å². The highest BCUT2D eigenvalue weighted by molar-refractivity contribution is 5.84. The van der Waals surface area contributed by atoms with Crippen molar-refractivity contribution in [1.29, 1.82) is 0 Å². The lowest BCUT2D eigenvalue weighted by molar-refractivity contribution is 0.0636. The number of aromatic nitrogens is 2. The molecule has 0 radical (unpaired) electrons. The molecule has 0 spiro atoms. The molecule has 0 saturated heterocycles. The quantitative estimate of drug-likeness (QED) is 0.483. The Kier molecular flexibility index (Phi) is 4.62. The maximum absolute atomic E-state index is 11.5. The monoisotopic (exact) mass is 266 g/mol. The minimum atomic E-state index is -0.558. The number of rotatable bonds is 3. The normalized spacial score (nSPS) is 11.4. The molecule has 1 rings (SSSR count). The Bertz CT molecular complexity index is 451. The van der Waals surface area contributed by atoms with Gasteiger partial charge in [0.05, 0.1) is 18.1 Å². The van der Waals surface area contributed by atoms with E-state index in [0.717, 1.165) is 6.34 Å². The summed E-state index contributed by atoms with van der Waals surface area (Å²) in [5, 5.41) is 7.71. The van der Waals surface area contributed by atoms with Crippen LogP contribution in [0.1, 0.15) is 20.8 Å². The van der Waals surface area contributed by atoms with Crippen LogP contribution in [0.4, 0.5) is 16.4 Å². The summed E-state index contributed by atoms with van der Waals surface area (Å²) >= 11 is 0. The van der Waals surface area contributed by atoms with Crippen LogP contribution in [0.2, 0.25) is 0 Å². The fourth-order valence-corrected chi connectivity index (χ4v) is 1.13. The molecule has 0 aliphatic heterocycles. The molecule has 1 amide bonds. The van der Waals surface area contributed by atoms with Crippen molar-refractivity contribution in [2.24, 2.45) is 10.8 Å². The number of nitrogens with zero attached hydrogens (tertiary/aromatic N) is 4. The zero-order chi connectivity index (χ0) is 14.5. The predicted octanol–water partition coefficient (Wildman–Crippen LogP) is 1.16. The molecule has 1 aromatic heterocycles. The van der Waals surface area contributed by atoms with Crippen LogP contribution in [-0.2, 0) is 4.74 Å². The summed E-state index contributed by atoms with van der Waals surface area (Å²) in [7, 11) is 1.65. The molecule has 3 N–H and O–H groups in total. The zero-order valence-electron chi connectivity index (χ0n) is 11.4. The van der Waals surface area contributed by atoms with Gasteiger partial charge in [-0.05, 0) is 20.8 Å². The lowest BCUT2D eigenvalue weighted by atomic mass is 10.2. The number of nitrogens with two attached hydrogens (primary N) is 1. The van der Waals surface area contributed by atoms with Gasteiger partial charge in [0.2, 0.25) is 5.95 Å². The Hall–Kier alpha value is -2.38. The zero-order valence-corrected chi connectivity index (χ0v) is 11.4. The van der Waals surface area contributed by atoms with Crippen LogP contribution in [0.5, 0.6) is 0 Å². The molecule has 8 heteroatoms. The lowest BCUT2D eigenvalue weighted by Crippen LogP contribution is -2.27. The molecule has 0 fully saturated rings. The molecule has 0 bridgehead atoms. The van der Waals surface area contributed by atoms with Crippen molar-refractivity contribution in [3.05, 3.63) is 12.4 Å². The second-order valence-corrected chi connectivity index (χ2v) is 4.69. The SMILES string of the molecule is CN(N=CN)c1ncc(NC(=O)OC(C)(C)C)cn1. The number of hydrogen-bond donors (Lipinski definition) is 2. The van der Waals surface area contributed by atoms with Gasteiger partial charge < -0.3 is 10.5 Å². The molecule has 0 atom stereocenters. The molecule has 8 nitrogen and oxygen atoms in total. The van der Waals surface area contributed by atoms with E-state index in [-0.39, 0.29) is 0 Å². The van der Waals surface area contributed by atoms with Crippen molar-refractivity contribution in [1.82, 2.24) is 9.97 Å². The average Bonchev–Trinajstić information content (AvgIpc) is 2.27. The molecule has 0 saturated carbocycles. The highest BCUT2D eigenvalue weighted by Gasteiger charge is 2.16. The van der Waals surface area contributed by atoms with Gasteiger partial charge in [0, 0.05) is 7.05 Å². The molecule has 0 aromatic carbocycles. The molecular weight excluding hydrogens is 248 g/mol. The minimum Gasteiger partial charge on any atom is -0.444 e. The van der Waals surface area contributed by atoms with Crippen LogP contribution < -0.4 is 16.1 Å². The molecule has 104 valence electrons. The summed E-state index contributed by atoms with van der Waals surface area (Å²) in [5.41, 5.74) is 5.04. The van der Waals surface area contributed by atoms with Crippen molar-refractivity contribution in [2.45, 2.75) is 26.4 Å². The average molecular weight is 266 g/mol. The first kappa shape index (κ1) is 14.7. The van der Waals surface area contributed by atoms with Gasteiger partial charge in [-0.25, -0.2) is 19.8 Å². The fraction of sp³-hybridized carbons (Fsp3) is 0.455. The highest BCUT2D eigenvalue weighted by atomic mass is 16.6. The number of anilines is 2. The fourth-order valence-electron chi connectivity index (χ4n) is 1.13. The number of ether oxygens (including phenoxy) is 1. The van der Waals surface area contributed by atoms with Gasteiger partial charge in [0.1, 0.15) is 11.9 Å². The summed E-state index contributed by atoms with van der Waals surface area (Å²) in [6.07, 6.45) is 3.48. The van der Waals surface area contributed by atoms with Gasteiger partial charge in [-0.15, -0.1) is 0 Å². The second kappa shape index (κ2) is 5.98. The first-order valence-corrected chi connectivity index (χ1v) is 5.62. The van der Waals surface area contributed by atoms with E-state index >= 15 is 0 Å². The maximum Gasteiger partial charge on any atom is 0.412 e. The molecular formula is C11H18N6O2. The van der Waals surface area contributed by atoms with Gasteiger partial charge >= 0.3 is 6.09 Å². The topological polar surface area (TPSA) is 106 Å². The van der Waals surface area contributed by atoms with Gasteiger partial charge in [0.15, 0.2) is 0 Å². The van der Waals surface area contributed by atoms with E-state index in [1.807, 2.05) is 0 Å². The number of amides is 1. The standard InChI is InChI=1S/C11H18N6O2/c1-11(2,3)19-10(18)16-8-5-13-9(14-6-8)17(4)15-7-12/h5-7H,1-4H3,(H2,12,15)(H,16,18). The Morgan fingerprint density at radius 2 is 2.05 bits per heavy atom. The van der Waals surface area contributed by atoms with Crippen molar-refractivity contribution in [3.63, 3.8) is 0 Å². The van der Waals surface area contributed by atoms with Crippen LogP contribution in [0.25, 0.3) is 0 Å². The van der Waals surface area contributed by atoms with Gasteiger partial charge in [0.25, 0.3) is 0 Å². The van der Waals surface area contributed by atoms with Crippen LogP contribution in [-0.4, -0.2) is 35.0 Å². The van der Waals surface area contributed by atoms with Gasteiger partial charge in [-0.3, -0.25) is 5.32 Å². The highest BCUT2D eigenvalue weighted by Crippen LogP contribution is 2.12. The Labute approximate surface area is 111 Å². The Balaban J connectivity index is 2.64. The van der Waals surface area contributed by atoms with Crippen molar-refractivity contribution < 1.29 is 9.53 Å². The minimum absolute atomic E-state index is 0.358. The number of hydrazone groups is 1.